The molecule has 1 aromatic heterocycles. The number of aromatic nitrogens is 1. The van der Waals surface area contributed by atoms with Crippen molar-refractivity contribution < 1.29 is 26.6 Å². The van der Waals surface area contributed by atoms with Crippen molar-refractivity contribution in [2.24, 2.45) is 5.41 Å². The van der Waals surface area contributed by atoms with Crippen molar-refractivity contribution in [3.05, 3.63) is 42.1 Å². The van der Waals surface area contributed by atoms with Crippen molar-refractivity contribution in [3.8, 4) is 5.88 Å². The maximum Gasteiger partial charge on any atom is 0.329 e. The molecule has 1 N–H and O–H groups in total. The first-order valence-corrected chi connectivity index (χ1v) is 10.5. The summed E-state index contributed by atoms with van der Waals surface area (Å²) in [5.74, 6) is -2.04. The number of sulfonamides is 1. The molecule has 29 heavy (non-hydrogen) atoms. The zero-order valence-corrected chi connectivity index (χ0v) is 17.7. The highest BCUT2D eigenvalue weighted by Crippen LogP contribution is 2.45. The van der Waals surface area contributed by atoms with Crippen LogP contribution < -0.4 is 14.9 Å². The number of ether oxygens (including phenoxy) is 1. The molecule has 1 saturated heterocycles. The number of nitrogens with one attached hydrogen (secondary N) is 1. The van der Waals surface area contributed by atoms with Crippen LogP contribution in [0.4, 0.5) is 14.5 Å². The number of methoxy groups -OCH3 is 1. The second kappa shape index (κ2) is 7.25. The van der Waals surface area contributed by atoms with Gasteiger partial charge in [-0.1, -0.05) is 13.8 Å². The fourth-order valence-electron chi connectivity index (χ4n) is 3.23. The first kappa shape index (κ1) is 21.5. The van der Waals surface area contributed by atoms with E-state index in [1.165, 1.54) is 7.11 Å². The third-order valence-corrected chi connectivity index (χ3v) is 7.03. The molecule has 0 saturated carbocycles. The van der Waals surface area contributed by atoms with E-state index in [1.54, 1.807) is 12.3 Å². The molecule has 1 aliphatic heterocycles. The molecule has 0 unspecified atom stereocenters. The van der Waals surface area contributed by atoms with Gasteiger partial charge in [-0.15, -0.1) is 0 Å². The minimum absolute atomic E-state index is 0.0244. The second-order valence-corrected chi connectivity index (χ2v) is 9.86. The quantitative estimate of drug-likeness (QED) is 0.747. The number of rotatable bonds is 5. The lowest BCUT2D eigenvalue weighted by molar-refractivity contribution is 0.0375. The molecule has 0 atom stereocenters. The number of hydrogen-bond donors (Lipinski definition) is 1. The van der Waals surface area contributed by atoms with Gasteiger partial charge in [-0.2, -0.15) is 0 Å². The molecule has 0 bridgehead atoms. The summed E-state index contributed by atoms with van der Waals surface area (Å²) in [6.45, 7) is 7.93. The third kappa shape index (κ3) is 4.09. The number of nitrogens with zero attached hydrogens (tertiary/aromatic N) is 1. The van der Waals surface area contributed by atoms with E-state index in [-0.39, 0.29) is 29.5 Å². The average molecular weight is 424 g/mol. The lowest BCUT2D eigenvalue weighted by Crippen LogP contribution is -2.36. The maximum absolute atomic E-state index is 14.0. The second-order valence-electron chi connectivity index (χ2n) is 8.21. The highest BCUT2D eigenvalue weighted by molar-refractivity contribution is 7.92. The largest absolute Gasteiger partial charge is 0.480 e. The highest BCUT2D eigenvalue weighted by atomic mass is 32.2. The Bertz CT molecular complexity index is 1030. The van der Waals surface area contributed by atoms with E-state index in [1.807, 2.05) is 13.8 Å². The van der Waals surface area contributed by atoms with E-state index in [9.17, 15) is 17.2 Å². The number of anilines is 1. The Morgan fingerprint density at radius 3 is 2.45 bits per heavy atom. The zero-order valence-electron chi connectivity index (χ0n) is 16.9. The minimum atomic E-state index is -4.33. The van der Waals surface area contributed by atoms with Gasteiger partial charge in [0.1, 0.15) is 22.2 Å². The molecule has 2 heterocycles. The van der Waals surface area contributed by atoms with Gasteiger partial charge in [0.15, 0.2) is 0 Å². The monoisotopic (exact) mass is 424 g/mol. The minimum Gasteiger partial charge on any atom is -0.480 e. The molecule has 0 aliphatic carbocycles. The topological polar surface area (TPSA) is 77.5 Å². The fourth-order valence-corrected chi connectivity index (χ4v) is 4.33. The van der Waals surface area contributed by atoms with Crippen molar-refractivity contribution in [2.75, 3.05) is 11.8 Å². The van der Waals surface area contributed by atoms with Gasteiger partial charge in [0.2, 0.25) is 5.88 Å². The normalized spacial score (nSPS) is 18.0. The van der Waals surface area contributed by atoms with Crippen LogP contribution >= 0.6 is 0 Å². The Kier molecular flexibility index (Phi) is 5.38. The Morgan fingerprint density at radius 2 is 1.90 bits per heavy atom. The van der Waals surface area contributed by atoms with Crippen molar-refractivity contribution in [1.29, 1.82) is 0 Å². The molecule has 1 aromatic carbocycles. The summed E-state index contributed by atoms with van der Waals surface area (Å²) in [4.78, 5) is 3.49. The predicted octanol–water partition coefficient (Wildman–Crippen LogP) is 3.20. The smallest absolute Gasteiger partial charge is 0.329 e. The van der Waals surface area contributed by atoms with Gasteiger partial charge in [0.05, 0.1) is 12.7 Å². The van der Waals surface area contributed by atoms with Crippen LogP contribution in [0.15, 0.2) is 35.4 Å². The molecule has 6 nitrogen and oxygen atoms in total. The molecule has 156 valence electrons. The Balaban J connectivity index is 1.96. The lowest BCUT2D eigenvalue weighted by Gasteiger charge is -2.34. The SMILES string of the molecule is COc1ncc(B2CC(C)(C)C(C)(C)O2)cc1NS(=O)(=O)c1ccc(F)cc1F. The van der Waals surface area contributed by atoms with Gasteiger partial charge >= 0.3 is 6.92 Å². The summed E-state index contributed by atoms with van der Waals surface area (Å²) in [5, 5.41) is 0. The summed E-state index contributed by atoms with van der Waals surface area (Å²) in [7, 11) is -2.99. The maximum atomic E-state index is 14.0. The van der Waals surface area contributed by atoms with Crippen molar-refractivity contribution in [1.82, 2.24) is 4.98 Å². The van der Waals surface area contributed by atoms with Crippen LogP contribution in [0.25, 0.3) is 0 Å². The van der Waals surface area contributed by atoms with Gasteiger partial charge in [-0.3, -0.25) is 4.72 Å². The number of benzene rings is 1. The van der Waals surface area contributed by atoms with Gasteiger partial charge < -0.3 is 9.39 Å². The van der Waals surface area contributed by atoms with E-state index in [0.717, 1.165) is 12.1 Å². The molecule has 0 radical (unpaired) electrons. The van der Waals surface area contributed by atoms with Crippen molar-refractivity contribution in [3.63, 3.8) is 0 Å². The lowest BCUT2D eigenvalue weighted by atomic mass is 9.54. The Labute approximate surface area is 169 Å². The molecular weight excluding hydrogens is 401 g/mol. The molecular formula is C19H23BF2N2O4S. The van der Waals surface area contributed by atoms with E-state index in [4.69, 9.17) is 9.39 Å². The molecule has 10 heteroatoms. The van der Waals surface area contributed by atoms with E-state index >= 15 is 0 Å². The van der Waals surface area contributed by atoms with Crippen LogP contribution in [0, 0.1) is 17.0 Å². The molecule has 1 aliphatic rings. The van der Waals surface area contributed by atoms with E-state index in [2.05, 4.69) is 23.6 Å². The van der Waals surface area contributed by atoms with Gasteiger partial charge in [-0.25, -0.2) is 22.2 Å². The first-order chi connectivity index (χ1) is 13.4. The summed E-state index contributed by atoms with van der Waals surface area (Å²) in [5.41, 5.74) is 0.227. The number of halogens is 2. The van der Waals surface area contributed by atoms with Crippen LogP contribution in [-0.4, -0.2) is 33.0 Å². The van der Waals surface area contributed by atoms with Crippen LogP contribution in [0.5, 0.6) is 5.88 Å². The molecule has 0 spiro atoms. The average Bonchev–Trinajstić information content (AvgIpc) is 2.81. The first-order valence-electron chi connectivity index (χ1n) is 9.06. The van der Waals surface area contributed by atoms with Crippen LogP contribution in [-0.2, 0) is 14.7 Å². The third-order valence-electron chi connectivity index (χ3n) is 5.63. The molecule has 0 amide bonds. The predicted molar refractivity (Wildman–Crippen MR) is 107 cm³/mol. The van der Waals surface area contributed by atoms with Crippen LogP contribution in [0.1, 0.15) is 27.7 Å². The van der Waals surface area contributed by atoms with Crippen LogP contribution in [0.3, 0.4) is 0 Å². The van der Waals surface area contributed by atoms with Crippen molar-refractivity contribution >= 4 is 28.1 Å². The number of pyridine rings is 1. The summed E-state index contributed by atoms with van der Waals surface area (Å²) in [6.07, 6.45) is 2.28. The van der Waals surface area contributed by atoms with E-state index < -0.39 is 26.6 Å². The molecule has 2 aromatic rings. The number of hydrogen-bond acceptors (Lipinski definition) is 5. The summed E-state index contributed by atoms with van der Waals surface area (Å²) in [6, 6.07) is 3.81. The zero-order chi connectivity index (χ0) is 21.6. The Hall–Kier alpha value is -2.20. The van der Waals surface area contributed by atoms with E-state index in [0.29, 0.717) is 17.8 Å². The van der Waals surface area contributed by atoms with Crippen molar-refractivity contribution in [2.45, 2.75) is 44.5 Å². The summed E-state index contributed by atoms with van der Waals surface area (Å²) >= 11 is 0. The van der Waals surface area contributed by atoms with Gasteiger partial charge in [0, 0.05) is 12.3 Å². The summed E-state index contributed by atoms with van der Waals surface area (Å²) < 4.78 is 66.0. The standard InChI is InChI=1S/C19H23BF2N2O4S/c1-18(2)11-20(28-19(18,3)4)12-8-15(17(27-5)23-10-12)24-29(25,26)16-7-6-13(21)9-14(16)22/h6-10,24H,11H2,1-5H3. The molecule has 3 rings (SSSR count). The van der Waals surface area contributed by atoms with Gasteiger partial charge in [0.25, 0.3) is 10.0 Å². The van der Waals surface area contributed by atoms with Crippen LogP contribution in [0.2, 0.25) is 6.32 Å². The fraction of sp³-hybridized carbons (Fsp3) is 0.421. The van der Waals surface area contributed by atoms with Gasteiger partial charge in [-0.05, 0) is 49.2 Å². The Morgan fingerprint density at radius 1 is 1.21 bits per heavy atom. The highest BCUT2D eigenvalue weighted by Gasteiger charge is 2.50. The molecule has 1 fully saturated rings.